The fourth-order valence-corrected chi connectivity index (χ4v) is 2.84. The molecule has 5 nitrogen and oxygen atoms in total. The van der Waals surface area contributed by atoms with Gasteiger partial charge in [-0.15, -0.1) is 0 Å². The standard InChI is InChI=1S/C18H28N4O/c1-3-21(4-2)17(23)16-10-8-15(9-11-16)14-20-18(19)22-12-6-5-7-13-22/h8-11H,3-7,12-14H2,1-2H3,(H2,19,20). The highest BCUT2D eigenvalue weighted by molar-refractivity contribution is 5.94. The van der Waals surface area contributed by atoms with Crippen LogP contribution in [0.1, 0.15) is 49.0 Å². The predicted octanol–water partition coefficient (Wildman–Crippen LogP) is 2.47. The zero-order valence-electron chi connectivity index (χ0n) is 14.3. The average Bonchev–Trinajstić information content (AvgIpc) is 2.61. The molecule has 5 heteroatoms. The van der Waals surface area contributed by atoms with Crippen molar-refractivity contribution >= 4 is 11.9 Å². The van der Waals surface area contributed by atoms with Gasteiger partial charge in [-0.1, -0.05) is 12.1 Å². The molecule has 1 aliphatic rings. The normalized spacial score (nSPS) is 15.6. The SMILES string of the molecule is CCN(CC)C(=O)c1ccc(CN=C(N)N2CCCCC2)cc1. The van der Waals surface area contributed by atoms with E-state index in [0.717, 1.165) is 37.3 Å². The summed E-state index contributed by atoms with van der Waals surface area (Å²) in [4.78, 5) is 20.7. The summed E-state index contributed by atoms with van der Waals surface area (Å²) in [5.41, 5.74) is 7.86. The summed E-state index contributed by atoms with van der Waals surface area (Å²) in [5.74, 6) is 0.714. The number of hydrogen-bond donors (Lipinski definition) is 1. The first-order valence-corrected chi connectivity index (χ1v) is 8.58. The predicted molar refractivity (Wildman–Crippen MR) is 94.4 cm³/mol. The summed E-state index contributed by atoms with van der Waals surface area (Å²) in [7, 11) is 0. The van der Waals surface area contributed by atoms with E-state index in [0.29, 0.717) is 12.5 Å². The summed E-state index contributed by atoms with van der Waals surface area (Å²) < 4.78 is 0. The highest BCUT2D eigenvalue weighted by Crippen LogP contribution is 2.11. The van der Waals surface area contributed by atoms with Gasteiger partial charge in [-0.2, -0.15) is 0 Å². The van der Waals surface area contributed by atoms with Crippen LogP contribution in [0.5, 0.6) is 0 Å². The van der Waals surface area contributed by atoms with E-state index in [1.54, 1.807) is 0 Å². The Bertz CT molecular complexity index is 528. The number of piperidine rings is 1. The van der Waals surface area contributed by atoms with E-state index in [1.807, 2.05) is 43.0 Å². The topological polar surface area (TPSA) is 61.9 Å². The minimum Gasteiger partial charge on any atom is -0.370 e. The highest BCUT2D eigenvalue weighted by atomic mass is 16.2. The Kier molecular flexibility index (Phi) is 6.44. The fourth-order valence-electron chi connectivity index (χ4n) is 2.84. The van der Waals surface area contributed by atoms with Crippen LogP contribution in [0.25, 0.3) is 0 Å². The molecule has 1 aromatic rings. The second-order valence-electron chi connectivity index (χ2n) is 5.90. The molecule has 1 amide bonds. The summed E-state index contributed by atoms with van der Waals surface area (Å²) in [6.45, 7) is 8.02. The van der Waals surface area contributed by atoms with Crippen molar-refractivity contribution in [3.63, 3.8) is 0 Å². The van der Waals surface area contributed by atoms with E-state index >= 15 is 0 Å². The maximum atomic E-state index is 12.3. The molecule has 1 saturated heterocycles. The third kappa shape index (κ3) is 4.71. The molecule has 0 atom stereocenters. The molecule has 2 N–H and O–H groups in total. The van der Waals surface area contributed by atoms with Crippen molar-refractivity contribution in [2.24, 2.45) is 10.7 Å². The van der Waals surface area contributed by atoms with Crippen LogP contribution in [0, 0.1) is 0 Å². The van der Waals surface area contributed by atoms with Gasteiger partial charge in [0.2, 0.25) is 0 Å². The summed E-state index contributed by atoms with van der Waals surface area (Å²) in [6, 6.07) is 7.68. The zero-order valence-corrected chi connectivity index (χ0v) is 14.3. The van der Waals surface area contributed by atoms with Crippen LogP contribution in [0.3, 0.4) is 0 Å². The quantitative estimate of drug-likeness (QED) is 0.670. The Morgan fingerprint density at radius 3 is 2.30 bits per heavy atom. The van der Waals surface area contributed by atoms with Crippen molar-refractivity contribution in [1.82, 2.24) is 9.80 Å². The van der Waals surface area contributed by atoms with Gasteiger partial charge in [0.05, 0.1) is 6.54 Å². The molecule has 1 heterocycles. The second kappa shape index (κ2) is 8.56. The van der Waals surface area contributed by atoms with Crippen LogP contribution >= 0.6 is 0 Å². The lowest BCUT2D eigenvalue weighted by molar-refractivity contribution is 0.0773. The molecule has 1 aliphatic heterocycles. The lowest BCUT2D eigenvalue weighted by Gasteiger charge is -2.27. The van der Waals surface area contributed by atoms with Crippen molar-refractivity contribution in [2.75, 3.05) is 26.2 Å². The van der Waals surface area contributed by atoms with Gasteiger partial charge in [0, 0.05) is 31.7 Å². The Hall–Kier alpha value is -2.04. The second-order valence-corrected chi connectivity index (χ2v) is 5.90. The van der Waals surface area contributed by atoms with E-state index in [1.165, 1.54) is 19.3 Å². The van der Waals surface area contributed by atoms with Crippen LogP contribution in [-0.4, -0.2) is 47.8 Å². The van der Waals surface area contributed by atoms with Crippen molar-refractivity contribution in [2.45, 2.75) is 39.7 Å². The zero-order chi connectivity index (χ0) is 16.7. The lowest BCUT2D eigenvalue weighted by atomic mass is 10.1. The number of carbonyl (C=O) groups excluding carboxylic acids is 1. The van der Waals surface area contributed by atoms with Crippen LogP contribution in [0.4, 0.5) is 0 Å². The van der Waals surface area contributed by atoms with Gasteiger partial charge in [-0.3, -0.25) is 4.79 Å². The molecule has 1 fully saturated rings. The third-order valence-electron chi connectivity index (χ3n) is 4.36. The molecule has 0 aliphatic carbocycles. The number of likely N-dealkylation sites (tertiary alicyclic amines) is 1. The molecule has 0 bridgehead atoms. The van der Waals surface area contributed by atoms with Crippen molar-refractivity contribution in [3.05, 3.63) is 35.4 Å². The number of amides is 1. The van der Waals surface area contributed by atoms with Crippen LogP contribution in [-0.2, 0) is 6.54 Å². The number of guanidine groups is 1. The maximum Gasteiger partial charge on any atom is 0.253 e. The Morgan fingerprint density at radius 2 is 1.74 bits per heavy atom. The maximum absolute atomic E-state index is 12.3. The molecule has 126 valence electrons. The number of rotatable bonds is 5. The summed E-state index contributed by atoms with van der Waals surface area (Å²) >= 11 is 0. The molecular weight excluding hydrogens is 288 g/mol. The van der Waals surface area contributed by atoms with Crippen molar-refractivity contribution < 1.29 is 4.79 Å². The molecule has 0 spiro atoms. The Balaban J connectivity index is 1.95. The number of nitrogens with two attached hydrogens (primary N) is 1. The first-order chi connectivity index (χ1) is 11.2. The molecule has 0 aromatic heterocycles. The average molecular weight is 316 g/mol. The number of aliphatic imine (C=N–C) groups is 1. The van der Waals surface area contributed by atoms with Gasteiger partial charge >= 0.3 is 0 Å². The van der Waals surface area contributed by atoms with Gasteiger partial charge in [0.25, 0.3) is 5.91 Å². The Labute approximate surface area is 139 Å². The van der Waals surface area contributed by atoms with Crippen LogP contribution in [0.15, 0.2) is 29.3 Å². The van der Waals surface area contributed by atoms with Crippen molar-refractivity contribution in [3.8, 4) is 0 Å². The van der Waals surface area contributed by atoms with E-state index in [-0.39, 0.29) is 5.91 Å². The monoisotopic (exact) mass is 316 g/mol. The minimum atomic E-state index is 0.0814. The molecule has 23 heavy (non-hydrogen) atoms. The summed E-state index contributed by atoms with van der Waals surface area (Å²) in [5, 5.41) is 0. The number of carbonyl (C=O) groups is 1. The molecule has 0 radical (unpaired) electrons. The molecule has 0 unspecified atom stereocenters. The minimum absolute atomic E-state index is 0.0814. The molecule has 1 aromatic carbocycles. The van der Waals surface area contributed by atoms with Gasteiger partial charge in [-0.05, 0) is 50.8 Å². The molecule has 2 rings (SSSR count). The van der Waals surface area contributed by atoms with Gasteiger partial charge in [-0.25, -0.2) is 4.99 Å². The molecule has 0 saturated carbocycles. The summed E-state index contributed by atoms with van der Waals surface area (Å²) in [6.07, 6.45) is 3.67. The van der Waals surface area contributed by atoms with Gasteiger partial charge in [0.15, 0.2) is 5.96 Å². The van der Waals surface area contributed by atoms with Crippen molar-refractivity contribution in [1.29, 1.82) is 0 Å². The van der Waals surface area contributed by atoms with Crippen LogP contribution < -0.4 is 5.73 Å². The lowest BCUT2D eigenvalue weighted by Crippen LogP contribution is -2.40. The number of benzene rings is 1. The first-order valence-electron chi connectivity index (χ1n) is 8.58. The third-order valence-corrected chi connectivity index (χ3v) is 4.36. The van der Waals surface area contributed by atoms with E-state index < -0.39 is 0 Å². The van der Waals surface area contributed by atoms with Gasteiger partial charge < -0.3 is 15.5 Å². The Morgan fingerprint density at radius 1 is 1.13 bits per heavy atom. The molecular formula is C18H28N4O. The van der Waals surface area contributed by atoms with Gasteiger partial charge in [0.1, 0.15) is 0 Å². The number of nitrogens with zero attached hydrogens (tertiary/aromatic N) is 3. The number of hydrogen-bond acceptors (Lipinski definition) is 2. The van der Waals surface area contributed by atoms with E-state index in [4.69, 9.17) is 5.73 Å². The smallest absolute Gasteiger partial charge is 0.253 e. The highest BCUT2D eigenvalue weighted by Gasteiger charge is 2.13. The van der Waals surface area contributed by atoms with E-state index in [2.05, 4.69) is 9.89 Å². The van der Waals surface area contributed by atoms with Crippen LogP contribution in [0.2, 0.25) is 0 Å². The fraction of sp³-hybridized carbons (Fsp3) is 0.556. The first kappa shape index (κ1) is 17.3. The largest absolute Gasteiger partial charge is 0.370 e. The van der Waals surface area contributed by atoms with E-state index in [9.17, 15) is 4.79 Å².